The Morgan fingerprint density at radius 3 is 2.30 bits per heavy atom. The molecule has 0 bridgehead atoms. The predicted octanol–water partition coefficient (Wildman–Crippen LogP) is 4.23. The van der Waals surface area contributed by atoms with E-state index in [1.54, 1.807) is 0 Å². The molecule has 1 aliphatic carbocycles. The lowest BCUT2D eigenvalue weighted by Gasteiger charge is -2.28. The number of pyridine rings is 1. The van der Waals surface area contributed by atoms with Gasteiger partial charge in [0.2, 0.25) is 5.91 Å². The van der Waals surface area contributed by atoms with Crippen molar-refractivity contribution in [1.82, 2.24) is 5.32 Å². The van der Waals surface area contributed by atoms with Gasteiger partial charge in [0.25, 0.3) is 5.82 Å². The molecule has 0 atom stereocenters. The molecule has 1 saturated carbocycles. The van der Waals surface area contributed by atoms with E-state index in [1.807, 2.05) is 4.90 Å². The van der Waals surface area contributed by atoms with Crippen LogP contribution in [-0.2, 0) is 11.0 Å². The smallest absolute Gasteiger partial charge is 0.353 e. The summed E-state index contributed by atoms with van der Waals surface area (Å²) < 4.78 is 38.3. The molecule has 2 aliphatic rings. The van der Waals surface area contributed by atoms with E-state index in [0.717, 1.165) is 25.1 Å². The molecule has 1 aliphatic heterocycles. The maximum absolute atomic E-state index is 12.8. The van der Waals surface area contributed by atoms with Gasteiger partial charge in [-0.15, -0.1) is 0 Å². The molecule has 2 fully saturated rings. The molecule has 0 unspecified atom stereocenters. The first-order valence-corrected chi connectivity index (χ1v) is 10.1. The molecule has 0 aromatic carbocycles. The predicted molar refractivity (Wildman–Crippen MR) is 97.6 cm³/mol. The van der Waals surface area contributed by atoms with Crippen molar-refractivity contribution in [2.24, 2.45) is 5.92 Å². The van der Waals surface area contributed by atoms with Crippen molar-refractivity contribution in [3.8, 4) is 0 Å². The van der Waals surface area contributed by atoms with Crippen LogP contribution in [0.3, 0.4) is 0 Å². The Balaban J connectivity index is 1.54. The minimum absolute atomic E-state index is 0.0438. The van der Waals surface area contributed by atoms with Gasteiger partial charge >= 0.3 is 6.18 Å². The van der Waals surface area contributed by atoms with E-state index in [0.29, 0.717) is 31.7 Å². The highest BCUT2D eigenvalue weighted by molar-refractivity contribution is 6.32. The molecule has 1 aromatic heterocycles. The number of nitrogens with zero attached hydrogens (tertiary/aromatic N) is 1. The van der Waals surface area contributed by atoms with Crippen molar-refractivity contribution in [2.75, 3.05) is 18.0 Å². The highest BCUT2D eigenvalue weighted by Gasteiger charge is 2.35. The second kappa shape index (κ2) is 8.67. The van der Waals surface area contributed by atoms with Gasteiger partial charge < -0.3 is 5.32 Å². The number of piperidine rings is 1. The van der Waals surface area contributed by atoms with Crippen molar-refractivity contribution in [3.63, 3.8) is 0 Å². The van der Waals surface area contributed by atoms with Gasteiger partial charge in [-0.3, -0.25) is 9.69 Å². The van der Waals surface area contributed by atoms with Crippen LogP contribution in [0.15, 0.2) is 12.3 Å². The Morgan fingerprint density at radius 2 is 1.74 bits per heavy atom. The summed E-state index contributed by atoms with van der Waals surface area (Å²) in [5.74, 6) is 0.550. The van der Waals surface area contributed by atoms with E-state index in [4.69, 9.17) is 11.6 Å². The highest BCUT2D eigenvalue weighted by atomic mass is 35.5. The molecule has 0 spiro atoms. The number of H-pyrrole nitrogens is 1. The molecule has 2 N–H and O–H groups in total. The van der Waals surface area contributed by atoms with Gasteiger partial charge in [-0.1, -0.05) is 37.3 Å². The Kier molecular flexibility index (Phi) is 6.50. The largest absolute Gasteiger partial charge is 0.419 e. The van der Waals surface area contributed by atoms with E-state index >= 15 is 0 Å². The van der Waals surface area contributed by atoms with Crippen LogP contribution < -0.4 is 15.2 Å². The van der Waals surface area contributed by atoms with Crippen LogP contribution in [0.5, 0.6) is 0 Å². The quantitative estimate of drug-likeness (QED) is 0.766. The zero-order chi connectivity index (χ0) is 19.4. The van der Waals surface area contributed by atoms with Crippen molar-refractivity contribution < 1.29 is 22.9 Å². The average molecular weight is 405 g/mol. The number of rotatable bonds is 3. The summed E-state index contributed by atoms with van der Waals surface area (Å²) in [4.78, 5) is 17.1. The number of carbonyl (C=O) groups excluding carboxylic acids is 1. The molecule has 1 amide bonds. The number of aromatic nitrogens is 1. The Hall–Kier alpha value is -1.50. The van der Waals surface area contributed by atoms with Gasteiger partial charge in [0, 0.05) is 12.0 Å². The van der Waals surface area contributed by atoms with E-state index < -0.39 is 11.7 Å². The van der Waals surface area contributed by atoms with Crippen LogP contribution in [0.4, 0.5) is 19.0 Å². The number of hydrogen-bond donors (Lipinski definition) is 1. The average Bonchev–Trinajstić information content (AvgIpc) is 2.90. The Morgan fingerprint density at radius 1 is 1.11 bits per heavy atom. The highest BCUT2D eigenvalue weighted by Crippen LogP contribution is 2.33. The fourth-order valence-corrected chi connectivity index (χ4v) is 4.27. The van der Waals surface area contributed by atoms with Gasteiger partial charge in [0.05, 0.1) is 18.7 Å². The van der Waals surface area contributed by atoms with E-state index in [2.05, 4.69) is 10.3 Å². The molecule has 2 heterocycles. The van der Waals surface area contributed by atoms with Gasteiger partial charge in [-0.25, -0.2) is 4.98 Å². The third-order valence-electron chi connectivity index (χ3n) is 5.58. The third-order valence-corrected chi connectivity index (χ3v) is 5.87. The third kappa shape index (κ3) is 5.27. The van der Waals surface area contributed by atoms with Crippen molar-refractivity contribution in [1.29, 1.82) is 0 Å². The van der Waals surface area contributed by atoms with Crippen LogP contribution in [-0.4, -0.2) is 25.0 Å². The summed E-state index contributed by atoms with van der Waals surface area (Å²) in [5, 5.41) is 3.25. The zero-order valence-electron chi connectivity index (χ0n) is 15.2. The number of halogens is 4. The van der Waals surface area contributed by atoms with Gasteiger partial charge in [-0.2, -0.15) is 13.2 Å². The molecule has 4 nitrogen and oxygen atoms in total. The van der Waals surface area contributed by atoms with Crippen molar-refractivity contribution >= 4 is 23.3 Å². The number of nitrogens with one attached hydrogen (secondary N) is 2. The first-order chi connectivity index (χ1) is 12.8. The second-order valence-corrected chi connectivity index (χ2v) is 7.95. The number of carbonyl (C=O) groups is 1. The second-order valence-electron chi connectivity index (χ2n) is 7.54. The lowest BCUT2D eigenvalue weighted by atomic mass is 9.95. The summed E-state index contributed by atoms with van der Waals surface area (Å²) in [6.07, 6.45) is 4.80. The van der Waals surface area contributed by atoms with E-state index in [-0.39, 0.29) is 22.9 Å². The summed E-state index contributed by atoms with van der Waals surface area (Å²) in [7, 11) is 0. The summed E-state index contributed by atoms with van der Waals surface area (Å²) >= 11 is 6.06. The van der Waals surface area contributed by atoms with Crippen molar-refractivity contribution in [2.45, 2.75) is 63.6 Å². The molecule has 1 saturated heterocycles. The molecule has 27 heavy (non-hydrogen) atoms. The molecule has 1 aromatic rings. The maximum Gasteiger partial charge on any atom is 0.419 e. The van der Waals surface area contributed by atoms with Crippen LogP contribution in [0.25, 0.3) is 0 Å². The topological polar surface area (TPSA) is 46.5 Å². The number of amides is 1. The molecule has 3 rings (SSSR count). The van der Waals surface area contributed by atoms with Crippen LogP contribution in [0, 0.1) is 5.92 Å². The zero-order valence-corrected chi connectivity index (χ0v) is 16.0. The van der Waals surface area contributed by atoms with Gasteiger partial charge in [-0.05, 0) is 31.7 Å². The molecular formula is C19H26ClF3N3O+. The SMILES string of the molecule is O=C(NC1CCCCCC1)C1CCN(c2[nH+]cc(C(F)(F)F)cc2Cl)CC1. The fraction of sp³-hybridized carbons (Fsp3) is 0.684. The standard InChI is InChI=1S/C19H25ClF3N3O/c20-16-11-14(19(21,22)23)12-24-17(16)26-9-7-13(8-10-26)18(27)25-15-5-3-1-2-4-6-15/h11-13,15H,1-10H2,(H,25,27)/p+1. The molecule has 0 radical (unpaired) electrons. The van der Waals surface area contributed by atoms with E-state index in [1.165, 1.54) is 25.7 Å². The van der Waals surface area contributed by atoms with Gasteiger partial charge in [0.1, 0.15) is 11.2 Å². The van der Waals surface area contributed by atoms with Crippen LogP contribution in [0.2, 0.25) is 5.02 Å². The lowest BCUT2D eigenvalue weighted by molar-refractivity contribution is -0.367. The summed E-state index contributed by atoms with van der Waals surface area (Å²) in [5.41, 5.74) is -0.797. The first-order valence-electron chi connectivity index (χ1n) is 9.68. The number of aromatic amines is 1. The van der Waals surface area contributed by atoms with Crippen LogP contribution >= 0.6 is 11.6 Å². The Labute approximate surface area is 162 Å². The Bertz CT molecular complexity index is 652. The van der Waals surface area contributed by atoms with Crippen molar-refractivity contribution in [3.05, 3.63) is 22.8 Å². The molecule has 150 valence electrons. The first kappa shape index (κ1) is 20.2. The van der Waals surface area contributed by atoms with Crippen LogP contribution in [0.1, 0.15) is 56.9 Å². The number of anilines is 1. The van der Waals surface area contributed by atoms with Gasteiger partial charge in [0.15, 0.2) is 0 Å². The molecular weight excluding hydrogens is 379 g/mol. The summed E-state index contributed by atoms with van der Waals surface area (Å²) in [6, 6.07) is 1.23. The minimum Gasteiger partial charge on any atom is -0.353 e. The summed E-state index contributed by atoms with van der Waals surface area (Å²) in [6.45, 7) is 1.18. The molecule has 8 heteroatoms. The maximum atomic E-state index is 12.8. The lowest BCUT2D eigenvalue weighted by Crippen LogP contribution is -2.45. The minimum atomic E-state index is -4.43. The van der Waals surface area contributed by atoms with E-state index in [9.17, 15) is 18.0 Å². The normalized spacial score (nSPS) is 20.4. The monoisotopic (exact) mass is 404 g/mol. The number of hydrogen-bond acceptors (Lipinski definition) is 2. The number of alkyl halides is 3. The fourth-order valence-electron chi connectivity index (χ4n) is 3.98.